The number of benzene rings is 9. The fourth-order valence-corrected chi connectivity index (χ4v) is 12.1. The first-order chi connectivity index (χ1) is 34.8. The van der Waals surface area contributed by atoms with Gasteiger partial charge in [-0.15, -0.1) is 0 Å². The molecule has 0 bridgehead atoms. The Morgan fingerprint density at radius 3 is 1.26 bits per heavy atom. The molecule has 0 aliphatic heterocycles. The zero-order chi connectivity index (χ0) is 45.9. The van der Waals surface area contributed by atoms with E-state index in [1.807, 2.05) is 0 Å². The van der Waals surface area contributed by atoms with Crippen molar-refractivity contribution in [1.29, 1.82) is 0 Å². The number of rotatable bonds is 6. The molecule has 5 heterocycles. The van der Waals surface area contributed by atoms with E-state index in [4.69, 9.17) is 15.0 Å². The number of fused-ring (bicyclic) bond motifs is 14. The van der Waals surface area contributed by atoms with Crippen LogP contribution in [0.25, 0.3) is 127 Å². The van der Waals surface area contributed by atoms with E-state index in [9.17, 15) is 0 Å². The Bertz CT molecular complexity index is 4380. The van der Waals surface area contributed by atoms with Crippen molar-refractivity contribution < 1.29 is 0 Å². The summed E-state index contributed by atoms with van der Waals surface area (Å²) < 4.78 is 9.75. The second-order valence-electron chi connectivity index (χ2n) is 19.0. The Morgan fingerprint density at radius 1 is 0.300 bits per heavy atom. The highest BCUT2D eigenvalue weighted by Crippen LogP contribution is 2.45. The van der Waals surface area contributed by atoms with Crippen molar-refractivity contribution in [3.63, 3.8) is 0 Å². The molecule has 0 radical (unpaired) electrons. The lowest BCUT2D eigenvalue weighted by Gasteiger charge is -2.25. The van der Waals surface area contributed by atoms with Crippen molar-refractivity contribution in [2.45, 2.75) is 38.1 Å². The van der Waals surface area contributed by atoms with Gasteiger partial charge < -0.3 is 9.13 Å². The van der Waals surface area contributed by atoms with Gasteiger partial charge in [0.1, 0.15) is 0 Å². The number of aromatic nitrogens is 7. The lowest BCUT2D eigenvalue weighted by atomic mass is 9.95. The van der Waals surface area contributed by atoms with Gasteiger partial charge in [-0.25, -0.2) is 0 Å². The molecular formula is C63H45N7. The molecule has 332 valence electrons. The molecule has 14 aromatic rings. The van der Waals surface area contributed by atoms with Gasteiger partial charge >= 0.3 is 0 Å². The Kier molecular flexibility index (Phi) is 8.60. The number of hydrogen-bond donors (Lipinski definition) is 0. The van der Waals surface area contributed by atoms with E-state index in [0.29, 0.717) is 23.8 Å². The first-order valence-corrected chi connectivity index (χ1v) is 24.6. The molecule has 1 fully saturated rings. The minimum Gasteiger partial charge on any atom is -0.336 e. The minimum absolute atomic E-state index is 0.386. The van der Waals surface area contributed by atoms with Crippen LogP contribution in [-0.2, 0) is 0 Å². The summed E-state index contributed by atoms with van der Waals surface area (Å²) in [5.74, 6) is 1.74. The summed E-state index contributed by atoms with van der Waals surface area (Å²) in [6.07, 6.45) is 6.07. The molecule has 1 saturated carbocycles. The van der Waals surface area contributed by atoms with Crippen LogP contribution < -0.4 is 0 Å². The fourth-order valence-electron chi connectivity index (χ4n) is 12.1. The zero-order valence-electron chi connectivity index (χ0n) is 38.4. The monoisotopic (exact) mass is 899 g/mol. The number of nitrogens with zero attached hydrogens (tertiary/aromatic N) is 7. The van der Waals surface area contributed by atoms with Crippen LogP contribution in [0, 0.1) is 0 Å². The highest BCUT2D eigenvalue weighted by atomic mass is 15.3. The third kappa shape index (κ3) is 5.72. The second kappa shape index (κ2) is 15.4. The van der Waals surface area contributed by atoms with Crippen LogP contribution in [0.5, 0.6) is 0 Å². The van der Waals surface area contributed by atoms with Crippen LogP contribution in [0.4, 0.5) is 0 Å². The van der Waals surface area contributed by atoms with Crippen molar-refractivity contribution in [3.05, 3.63) is 206 Å². The predicted molar refractivity (Wildman–Crippen MR) is 289 cm³/mol. The molecule has 0 atom stereocenters. The highest BCUT2D eigenvalue weighted by molar-refractivity contribution is 6.25. The van der Waals surface area contributed by atoms with E-state index >= 15 is 0 Å². The minimum atomic E-state index is 0.386. The van der Waals surface area contributed by atoms with Crippen LogP contribution >= 0.6 is 0 Å². The van der Waals surface area contributed by atoms with Crippen LogP contribution in [-0.4, -0.2) is 33.2 Å². The summed E-state index contributed by atoms with van der Waals surface area (Å²) in [4.78, 5) is 16.9. The third-order valence-electron chi connectivity index (χ3n) is 15.2. The molecular weight excluding hydrogens is 855 g/mol. The summed E-state index contributed by atoms with van der Waals surface area (Å²) >= 11 is 0. The average Bonchev–Trinajstić information content (AvgIpc) is 4.17. The van der Waals surface area contributed by atoms with E-state index in [2.05, 4.69) is 225 Å². The molecule has 1 aliphatic rings. The fraction of sp³-hybridized carbons (Fsp3) is 0.0952. The molecule has 9 aromatic carbocycles. The summed E-state index contributed by atoms with van der Waals surface area (Å²) in [6, 6.07) is 74.8. The molecule has 0 spiro atoms. The normalized spacial score (nSPS) is 13.7. The Labute approximate surface area is 403 Å². The molecule has 15 rings (SSSR count). The molecule has 0 saturated heterocycles. The van der Waals surface area contributed by atoms with Crippen LogP contribution in [0.2, 0.25) is 0 Å². The largest absolute Gasteiger partial charge is 0.336 e. The zero-order valence-corrected chi connectivity index (χ0v) is 38.4. The van der Waals surface area contributed by atoms with E-state index in [0.717, 1.165) is 79.1 Å². The Morgan fingerprint density at radius 2 is 0.700 bits per heavy atom. The van der Waals surface area contributed by atoms with Gasteiger partial charge in [0.2, 0.25) is 11.9 Å². The van der Waals surface area contributed by atoms with Gasteiger partial charge in [-0.1, -0.05) is 189 Å². The van der Waals surface area contributed by atoms with E-state index in [1.165, 1.54) is 62.6 Å². The molecule has 5 aromatic heterocycles. The van der Waals surface area contributed by atoms with Crippen molar-refractivity contribution in [2.24, 2.45) is 0 Å². The summed E-state index contributed by atoms with van der Waals surface area (Å²) in [5, 5.41) is 9.51. The van der Waals surface area contributed by atoms with Gasteiger partial charge in [-0.05, 0) is 60.4 Å². The van der Waals surface area contributed by atoms with Crippen LogP contribution in [0.15, 0.2) is 206 Å². The van der Waals surface area contributed by atoms with Gasteiger partial charge in [0.25, 0.3) is 0 Å². The van der Waals surface area contributed by atoms with Crippen molar-refractivity contribution in [2.75, 3.05) is 0 Å². The van der Waals surface area contributed by atoms with Crippen LogP contribution in [0.3, 0.4) is 0 Å². The smallest absolute Gasteiger partial charge is 0.240 e. The molecule has 7 nitrogen and oxygen atoms in total. The second-order valence-corrected chi connectivity index (χ2v) is 19.0. The maximum Gasteiger partial charge on any atom is 0.240 e. The van der Waals surface area contributed by atoms with Crippen molar-refractivity contribution >= 4 is 87.2 Å². The Hall–Kier alpha value is -8.81. The lowest BCUT2D eigenvalue weighted by molar-refractivity contribution is 0.367. The first-order valence-electron chi connectivity index (χ1n) is 24.6. The molecule has 0 unspecified atom stereocenters. The standard InChI is InChI=1S/C63H45N7/c1-4-18-40(19-5-1)41-32-34-42(35-33-41)61-64-62(69-55-30-16-12-26-47(55)51-38-36-49-45-24-10-14-28-53(45)67(57(49)59(51)69)43-20-6-2-7-21-43)66-63(65-61)70-56-31-17-13-27-48(56)52-39-37-50-46-25-11-15-29-54(46)68(58(50)60(52)70)44-22-8-3-9-23-44/h1-2,4-7,10-21,24-39,44H,3,8-9,22-23H2. The average molecular weight is 900 g/mol. The van der Waals surface area contributed by atoms with Crippen molar-refractivity contribution in [3.8, 4) is 40.1 Å². The Balaban J connectivity index is 1.09. The first kappa shape index (κ1) is 39.2. The quantitative estimate of drug-likeness (QED) is 0.167. The topological polar surface area (TPSA) is 58.4 Å². The van der Waals surface area contributed by atoms with Gasteiger partial charge in [-0.2, -0.15) is 15.0 Å². The van der Waals surface area contributed by atoms with Gasteiger partial charge in [0.05, 0.1) is 38.6 Å². The van der Waals surface area contributed by atoms with Gasteiger partial charge in [0.15, 0.2) is 5.82 Å². The maximum atomic E-state index is 5.76. The SMILES string of the molecule is c1ccc(-c2ccc(-c3nc(-n4c5ccccc5c5ccc6c7ccccc7n(-c7ccccc7)c6c54)nc(-n4c5ccccc5c5ccc6c7ccccc7n(C7CCCCC7)c6c54)n3)cc2)cc1. The summed E-state index contributed by atoms with van der Waals surface area (Å²) in [6.45, 7) is 0. The summed E-state index contributed by atoms with van der Waals surface area (Å²) in [7, 11) is 0. The van der Waals surface area contributed by atoms with Gasteiger partial charge in [0, 0.05) is 65.9 Å². The number of hydrogen-bond acceptors (Lipinski definition) is 3. The lowest BCUT2D eigenvalue weighted by Crippen LogP contribution is -2.14. The van der Waals surface area contributed by atoms with E-state index in [-0.39, 0.29) is 0 Å². The van der Waals surface area contributed by atoms with Gasteiger partial charge in [-0.3, -0.25) is 9.13 Å². The summed E-state index contributed by atoms with van der Waals surface area (Å²) in [5.41, 5.74) is 13.3. The highest BCUT2D eigenvalue weighted by Gasteiger charge is 2.28. The van der Waals surface area contributed by atoms with E-state index in [1.54, 1.807) is 0 Å². The van der Waals surface area contributed by atoms with E-state index < -0.39 is 0 Å². The molecule has 0 amide bonds. The van der Waals surface area contributed by atoms with Crippen LogP contribution in [0.1, 0.15) is 38.1 Å². The maximum absolute atomic E-state index is 5.76. The molecule has 70 heavy (non-hydrogen) atoms. The third-order valence-corrected chi connectivity index (χ3v) is 15.2. The molecule has 7 heteroatoms. The predicted octanol–water partition coefficient (Wildman–Crippen LogP) is 16.1. The molecule has 1 aliphatic carbocycles. The number of para-hydroxylation sites is 5. The molecule has 0 N–H and O–H groups in total. The van der Waals surface area contributed by atoms with Crippen molar-refractivity contribution in [1.82, 2.24) is 33.2 Å².